The van der Waals surface area contributed by atoms with Crippen LogP contribution in [0.2, 0.25) is 0 Å². The molecule has 1 saturated heterocycles. The number of ether oxygens (including phenoxy) is 2. The Labute approximate surface area is 165 Å². The molecule has 1 aromatic carbocycles. The Morgan fingerprint density at radius 2 is 1.70 bits per heavy atom. The molecule has 6 atom stereocenters. The molecule has 0 aromatic heterocycles. The Kier molecular flexibility index (Phi) is 4.27. The van der Waals surface area contributed by atoms with Gasteiger partial charge >= 0.3 is 29.9 Å². The zero-order chi connectivity index (χ0) is 22.3. The summed E-state index contributed by atoms with van der Waals surface area (Å²) in [5, 5.41) is 10.2. The van der Waals surface area contributed by atoms with Crippen LogP contribution in [0, 0.1) is 23.2 Å². The normalized spacial score (nSPS) is 35.5. The lowest BCUT2D eigenvalue weighted by molar-refractivity contribution is -0.379. The third kappa shape index (κ3) is 2.29. The van der Waals surface area contributed by atoms with E-state index in [1.54, 1.807) is 0 Å². The number of carbonyl (C=O) groups is 2. The third-order valence-corrected chi connectivity index (χ3v) is 6.79. The maximum atomic E-state index is 13.9. The molecule has 2 saturated carbocycles. The van der Waals surface area contributed by atoms with E-state index in [0.29, 0.717) is 12.1 Å². The van der Waals surface area contributed by atoms with Gasteiger partial charge in [0, 0.05) is 11.5 Å². The highest BCUT2D eigenvalue weighted by atomic mass is 19.4. The molecule has 3 fully saturated rings. The van der Waals surface area contributed by atoms with Gasteiger partial charge in [-0.3, -0.25) is 9.59 Å². The molecule has 3 aliphatic rings. The van der Waals surface area contributed by atoms with Crippen molar-refractivity contribution in [3.63, 3.8) is 0 Å². The first-order valence-corrected chi connectivity index (χ1v) is 9.11. The van der Waals surface area contributed by atoms with Gasteiger partial charge < -0.3 is 14.6 Å². The number of benzene rings is 1. The Morgan fingerprint density at radius 3 is 2.20 bits per heavy atom. The number of halogens is 6. The van der Waals surface area contributed by atoms with E-state index in [0.717, 1.165) is 12.1 Å². The minimum Gasteiger partial charge on any atom is -0.458 e. The van der Waals surface area contributed by atoms with E-state index in [1.807, 2.05) is 0 Å². The predicted molar refractivity (Wildman–Crippen MR) is 85.4 cm³/mol. The van der Waals surface area contributed by atoms with Crippen molar-refractivity contribution < 1.29 is 50.5 Å². The van der Waals surface area contributed by atoms with E-state index in [-0.39, 0.29) is 6.42 Å². The Hall–Kier alpha value is -2.30. The molecule has 30 heavy (non-hydrogen) atoms. The minimum atomic E-state index is -6.07. The van der Waals surface area contributed by atoms with E-state index in [9.17, 15) is 41.0 Å². The third-order valence-electron chi connectivity index (χ3n) is 6.79. The van der Waals surface area contributed by atoms with Crippen LogP contribution < -0.4 is 0 Å². The molecule has 4 rings (SSSR count). The van der Waals surface area contributed by atoms with Crippen LogP contribution in [0.25, 0.3) is 0 Å². The molecule has 2 bridgehead atoms. The topological polar surface area (TPSA) is 72.8 Å². The van der Waals surface area contributed by atoms with Crippen LogP contribution in [0.3, 0.4) is 0 Å². The summed E-state index contributed by atoms with van der Waals surface area (Å²) in [6, 6.07) is 4.21. The van der Waals surface area contributed by atoms with Gasteiger partial charge in [0.05, 0.1) is 6.10 Å². The van der Waals surface area contributed by atoms with Gasteiger partial charge in [0.15, 0.2) is 5.41 Å². The van der Waals surface area contributed by atoms with Crippen molar-refractivity contribution in [3.8, 4) is 0 Å². The summed E-state index contributed by atoms with van der Waals surface area (Å²) in [5.41, 5.74) is -8.63. The first-order chi connectivity index (χ1) is 13.8. The van der Waals surface area contributed by atoms with Gasteiger partial charge in [-0.05, 0) is 18.3 Å². The van der Waals surface area contributed by atoms with E-state index < -0.39 is 70.8 Å². The van der Waals surface area contributed by atoms with Gasteiger partial charge in [-0.2, -0.15) is 26.3 Å². The van der Waals surface area contributed by atoms with Crippen LogP contribution >= 0.6 is 0 Å². The maximum absolute atomic E-state index is 13.9. The average Bonchev–Trinajstić information content (AvgIpc) is 3.20. The Morgan fingerprint density at radius 1 is 1.13 bits per heavy atom. The molecular weight excluding hydrogens is 422 g/mol. The number of rotatable bonds is 3. The quantitative estimate of drug-likeness (QED) is 0.446. The van der Waals surface area contributed by atoms with Crippen molar-refractivity contribution in [1.82, 2.24) is 0 Å². The first kappa shape index (κ1) is 21.0. The fourth-order valence-electron chi connectivity index (χ4n) is 5.36. The van der Waals surface area contributed by atoms with Crippen molar-refractivity contribution in [2.45, 2.75) is 43.5 Å². The molecule has 0 spiro atoms. The van der Waals surface area contributed by atoms with Crippen molar-refractivity contribution in [2.24, 2.45) is 23.2 Å². The lowest BCUT2D eigenvalue weighted by Gasteiger charge is -2.40. The molecule has 1 N–H and O–H groups in total. The van der Waals surface area contributed by atoms with E-state index in [2.05, 4.69) is 4.74 Å². The minimum absolute atomic E-state index is 0.0597. The summed E-state index contributed by atoms with van der Waals surface area (Å²) in [6.45, 7) is 1.32. The molecule has 164 valence electrons. The van der Waals surface area contributed by atoms with Gasteiger partial charge in [0.1, 0.15) is 6.10 Å². The highest BCUT2D eigenvalue weighted by molar-refractivity contribution is 6.03. The summed E-state index contributed by atoms with van der Waals surface area (Å²) < 4.78 is 92.9. The highest BCUT2D eigenvalue weighted by Gasteiger charge is 2.81. The molecule has 2 aliphatic carbocycles. The fourth-order valence-corrected chi connectivity index (χ4v) is 5.36. The van der Waals surface area contributed by atoms with Crippen molar-refractivity contribution >= 4 is 11.9 Å². The summed E-state index contributed by atoms with van der Waals surface area (Å²) in [5.74, 6) is -5.99. The molecule has 1 aliphatic heterocycles. The lowest BCUT2D eigenvalue weighted by Crippen LogP contribution is -2.60. The number of hydrogen-bond donors (Lipinski definition) is 1. The molecule has 0 radical (unpaired) electrons. The van der Waals surface area contributed by atoms with Crippen LogP contribution in [0.5, 0.6) is 0 Å². The van der Waals surface area contributed by atoms with Gasteiger partial charge in [-0.1, -0.05) is 37.3 Å². The highest BCUT2D eigenvalue weighted by Crippen LogP contribution is 2.66. The average molecular weight is 438 g/mol. The molecular formula is C19H16F6O5. The zero-order valence-electron chi connectivity index (χ0n) is 15.3. The SMILES string of the molecule is CC1C2CC3C(OC(=O)C13C(=O)OC(c1ccccc1)(C(F)(F)F)C(F)(F)F)C2O. The van der Waals surface area contributed by atoms with Crippen LogP contribution in [-0.4, -0.2) is 41.6 Å². The zero-order valence-corrected chi connectivity index (χ0v) is 15.3. The summed E-state index contributed by atoms with van der Waals surface area (Å²) in [7, 11) is 0. The summed E-state index contributed by atoms with van der Waals surface area (Å²) in [4.78, 5) is 25.6. The molecule has 5 nitrogen and oxygen atoms in total. The van der Waals surface area contributed by atoms with Gasteiger partial charge in [-0.25, -0.2) is 0 Å². The van der Waals surface area contributed by atoms with Gasteiger partial charge in [0.2, 0.25) is 0 Å². The lowest BCUT2D eigenvalue weighted by atomic mass is 9.66. The monoisotopic (exact) mass is 438 g/mol. The van der Waals surface area contributed by atoms with Crippen LogP contribution in [0.4, 0.5) is 26.3 Å². The Balaban J connectivity index is 1.84. The number of aliphatic hydroxyl groups excluding tert-OH is 1. The smallest absolute Gasteiger partial charge is 0.442 e. The van der Waals surface area contributed by atoms with Crippen molar-refractivity contribution in [2.75, 3.05) is 0 Å². The van der Waals surface area contributed by atoms with Gasteiger partial charge in [-0.15, -0.1) is 0 Å². The van der Waals surface area contributed by atoms with Crippen LogP contribution in [0.1, 0.15) is 18.9 Å². The van der Waals surface area contributed by atoms with E-state index in [1.165, 1.54) is 13.0 Å². The second-order valence-electron chi connectivity index (χ2n) is 7.96. The number of esters is 2. The molecule has 11 heteroatoms. The van der Waals surface area contributed by atoms with Gasteiger partial charge in [0.25, 0.3) is 0 Å². The van der Waals surface area contributed by atoms with E-state index in [4.69, 9.17) is 4.74 Å². The standard InChI is InChI=1S/C19H16F6O5/c1-8-10-7-11-13(12(10)26)29-14(27)16(8,11)15(28)30-17(18(20,21)22,19(23,24)25)9-5-3-2-4-6-9/h2-6,8,10-13,26H,7H2,1H3. The Bertz CT molecular complexity index is 868. The second-order valence-corrected chi connectivity index (χ2v) is 7.96. The van der Waals surface area contributed by atoms with Crippen molar-refractivity contribution in [3.05, 3.63) is 35.9 Å². The predicted octanol–water partition coefficient (Wildman–Crippen LogP) is 3.11. The number of aliphatic hydroxyl groups is 1. The van der Waals surface area contributed by atoms with Crippen LogP contribution in [0.15, 0.2) is 30.3 Å². The first-order valence-electron chi connectivity index (χ1n) is 9.11. The fraction of sp³-hybridized carbons (Fsp3) is 0.579. The van der Waals surface area contributed by atoms with Crippen LogP contribution in [-0.2, 0) is 24.7 Å². The number of fused-ring (bicyclic) bond motifs is 1. The number of hydrogen-bond acceptors (Lipinski definition) is 5. The summed E-state index contributed by atoms with van der Waals surface area (Å²) in [6.07, 6.45) is -14.4. The largest absolute Gasteiger partial charge is 0.458 e. The second kappa shape index (κ2) is 6.12. The summed E-state index contributed by atoms with van der Waals surface area (Å²) >= 11 is 0. The molecule has 0 amide bonds. The van der Waals surface area contributed by atoms with Crippen molar-refractivity contribution in [1.29, 1.82) is 0 Å². The molecule has 6 unspecified atom stereocenters. The maximum Gasteiger partial charge on any atom is 0.442 e. The molecule has 1 heterocycles. The number of carbonyl (C=O) groups excluding carboxylic acids is 2. The molecule has 1 aromatic rings. The number of alkyl halides is 6. The van der Waals surface area contributed by atoms with E-state index >= 15 is 0 Å².